The molecule has 1 amide bonds. The normalized spacial score (nSPS) is 17.8. The second-order valence-corrected chi connectivity index (χ2v) is 11.6. The highest BCUT2D eigenvalue weighted by Crippen LogP contribution is 2.42. The van der Waals surface area contributed by atoms with E-state index in [1.807, 2.05) is 6.07 Å². The van der Waals surface area contributed by atoms with Gasteiger partial charge in [-0.3, -0.25) is 24.5 Å². The topological polar surface area (TPSA) is 159 Å². The first-order valence-corrected chi connectivity index (χ1v) is 14.5. The molecule has 2 atom stereocenters. The Bertz CT molecular complexity index is 1540. The maximum absolute atomic E-state index is 13.4. The lowest BCUT2D eigenvalue weighted by atomic mass is 9.76. The number of Topliss-reactive ketones (excluding diaryl/α,β-unsaturated/α-hetero) is 1. The van der Waals surface area contributed by atoms with E-state index in [0.29, 0.717) is 30.6 Å². The number of esters is 3. The fourth-order valence-electron chi connectivity index (χ4n) is 5.12. The van der Waals surface area contributed by atoms with Gasteiger partial charge in [-0.25, -0.2) is 9.59 Å². The zero-order valence-electron chi connectivity index (χ0n) is 25.2. The fraction of sp³-hybridized carbons (Fsp3) is 0.364. The van der Waals surface area contributed by atoms with Crippen LogP contribution in [0, 0.1) is 16.0 Å². The highest BCUT2D eigenvalue weighted by molar-refractivity contribution is 6.06. The largest absolute Gasteiger partial charge is 0.486 e. The number of fused-ring (bicyclic) bond motifs is 1. The molecule has 2 heterocycles. The third-order valence-corrected chi connectivity index (χ3v) is 7.14. The summed E-state index contributed by atoms with van der Waals surface area (Å²) < 4.78 is 15.9. The van der Waals surface area contributed by atoms with Crippen LogP contribution >= 0.6 is 0 Å². The molecular formula is C33H34N2O10. The third kappa shape index (κ3) is 8.49. The number of carbonyl (C=O) groups excluding carboxylic acids is 5. The van der Waals surface area contributed by atoms with Crippen LogP contribution in [-0.4, -0.2) is 57.7 Å². The maximum Gasteiger partial charge on any atom is 0.363 e. The average Bonchev–Trinajstić information content (AvgIpc) is 3.00. The van der Waals surface area contributed by atoms with Gasteiger partial charge in [0.2, 0.25) is 5.91 Å². The van der Waals surface area contributed by atoms with E-state index in [9.17, 15) is 34.1 Å². The summed E-state index contributed by atoms with van der Waals surface area (Å²) in [7, 11) is 0. The van der Waals surface area contributed by atoms with Gasteiger partial charge >= 0.3 is 17.9 Å². The Morgan fingerprint density at radius 1 is 1.02 bits per heavy atom. The number of para-hydroxylation sites is 1. The predicted molar refractivity (Wildman–Crippen MR) is 160 cm³/mol. The molecule has 236 valence electrons. The smallest absolute Gasteiger partial charge is 0.363 e. The van der Waals surface area contributed by atoms with Crippen molar-refractivity contribution in [1.82, 2.24) is 4.90 Å². The summed E-state index contributed by atoms with van der Waals surface area (Å²) in [4.78, 5) is 75.8. The number of nitrogens with zero attached hydrogens (tertiary/aromatic N) is 2. The number of ether oxygens (including phenoxy) is 3. The lowest BCUT2D eigenvalue weighted by Crippen LogP contribution is -2.63. The monoisotopic (exact) mass is 618 g/mol. The van der Waals surface area contributed by atoms with Crippen LogP contribution in [0.1, 0.15) is 63.2 Å². The van der Waals surface area contributed by atoms with Crippen LogP contribution in [0.3, 0.4) is 0 Å². The molecule has 0 aliphatic carbocycles. The summed E-state index contributed by atoms with van der Waals surface area (Å²) in [6.45, 7) is 5.09. The Balaban J connectivity index is 1.48. The molecule has 0 N–H and O–H groups in total. The highest BCUT2D eigenvalue weighted by atomic mass is 16.6. The van der Waals surface area contributed by atoms with Crippen molar-refractivity contribution in [3.63, 3.8) is 0 Å². The maximum atomic E-state index is 13.4. The van der Waals surface area contributed by atoms with Gasteiger partial charge in [0.15, 0.2) is 5.78 Å². The zero-order chi connectivity index (χ0) is 32.7. The first kappa shape index (κ1) is 32.8. The number of amides is 1. The van der Waals surface area contributed by atoms with E-state index in [1.165, 1.54) is 4.90 Å². The van der Waals surface area contributed by atoms with E-state index in [4.69, 9.17) is 14.2 Å². The van der Waals surface area contributed by atoms with Gasteiger partial charge in [0.25, 0.3) is 5.69 Å². The third-order valence-electron chi connectivity index (χ3n) is 7.14. The predicted octanol–water partition coefficient (Wildman–Crippen LogP) is 4.87. The molecule has 1 saturated heterocycles. The minimum absolute atomic E-state index is 0.0715. The van der Waals surface area contributed by atoms with Crippen LogP contribution in [0.25, 0.3) is 0 Å². The summed E-state index contributed by atoms with van der Waals surface area (Å²) in [5.74, 6) is -3.37. The van der Waals surface area contributed by atoms with Gasteiger partial charge < -0.3 is 19.1 Å². The van der Waals surface area contributed by atoms with Crippen LogP contribution in [-0.2, 0) is 28.7 Å². The SMILES string of the molecule is CC(C)(C)OC(=O)CC/C=C/C1=C(C(=O)OC(=O)c2ccc([N+](=O)[O-])cc2)N2C(=O)[C@@H](CC(=O)COc3ccccc3)[C@H]2CC1. The molecule has 2 aliphatic heterocycles. The number of non-ortho nitro benzene ring substituents is 1. The minimum Gasteiger partial charge on any atom is -0.486 e. The summed E-state index contributed by atoms with van der Waals surface area (Å²) >= 11 is 0. The number of rotatable bonds is 12. The number of nitro groups is 1. The van der Waals surface area contributed by atoms with Crippen molar-refractivity contribution in [2.45, 2.75) is 64.5 Å². The van der Waals surface area contributed by atoms with Crippen molar-refractivity contribution in [2.24, 2.45) is 5.92 Å². The van der Waals surface area contributed by atoms with Crippen LogP contribution in [0.2, 0.25) is 0 Å². The molecule has 0 aromatic heterocycles. The molecule has 1 fully saturated rings. The zero-order valence-corrected chi connectivity index (χ0v) is 25.2. The van der Waals surface area contributed by atoms with Crippen molar-refractivity contribution >= 4 is 35.3 Å². The molecular weight excluding hydrogens is 584 g/mol. The molecule has 2 aromatic rings. The molecule has 45 heavy (non-hydrogen) atoms. The van der Waals surface area contributed by atoms with Crippen LogP contribution in [0.4, 0.5) is 5.69 Å². The quantitative estimate of drug-likeness (QED) is 0.106. The van der Waals surface area contributed by atoms with Crippen molar-refractivity contribution in [3.05, 3.63) is 93.7 Å². The molecule has 12 nitrogen and oxygen atoms in total. The van der Waals surface area contributed by atoms with Crippen molar-refractivity contribution in [1.29, 1.82) is 0 Å². The Hall–Kier alpha value is -5.13. The molecule has 0 radical (unpaired) electrons. The fourth-order valence-corrected chi connectivity index (χ4v) is 5.12. The number of benzene rings is 2. The van der Waals surface area contributed by atoms with Gasteiger partial charge in [0.1, 0.15) is 23.7 Å². The molecule has 0 spiro atoms. The molecule has 4 rings (SSSR count). The van der Waals surface area contributed by atoms with Gasteiger partial charge in [-0.05, 0) is 69.9 Å². The van der Waals surface area contributed by atoms with E-state index >= 15 is 0 Å². The van der Waals surface area contributed by atoms with E-state index in [2.05, 4.69) is 0 Å². The van der Waals surface area contributed by atoms with Gasteiger partial charge in [0, 0.05) is 31.0 Å². The first-order valence-electron chi connectivity index (χ1n) is 14.5. The summed E-state index contributed by atoms with van der Waals surface area (Å²) in [6.07, 6.45) is 4.43. The van der Waals surface area contributed by atoms with Gasteiger partial charge in [-0.1, -0.05) is 30.4 Å². The van der Waals surface area contributed by atoms with Crippen molar-refractivity contribution < 1.29 is 43.1 Å². The molecule has 2 aliphatic rings. The summed E-state index contributed by atoms with van der Waals surface area (Å²) in [5, 5.41) is 10.9. The van der Waals surface area contributed by atoms with E-state index < -0.39 is 40.3 Å². The Labute approximate surface area is 259 Å². The first-order chi connectivity index (χ1) is 21.3. The second kappa shape index (κ2) is 14.1. The van der Waals surface area contributed by atoms with E-state index in [-0.39, 0.29) is 48.1 Å². The lowest BCUT2D eigenvalue weighted by Gasteiger charge is -2.50. The van der Waals surface area contributed by atoms with E-state index in [0.717, 1.165) is 24.3 Å². The number of ketones is 1. The average molecular weight is 619 g/mol. The van der Waals surface area contributed by atoms with Gasteiger partial charge in [0.05, 0.1) is 16.4 Å². The standard InChI is InChI=1S/C33H34N2O10/c1-33(2,3)45-28(37)12-8-7-9-21-15-18-27-26(19-24(36)20-43-25-10-5-4-6-11-25)30(38)34(27)29(21)32(40)44-31(39)22-13-16-23(17-14-22)35(41)42/h4-7,9-11,13-14,16-17,26-27H,8,12,15,18-20H2,1-3H3/b9-7+/t26-,27+/m0/s1. The highest BCUT2D eigenvalue weighted by Gasteiger charge is 2.53. The second-order valence-electron chi connectivity index (χ2n) is 11.6. The Morgan fingerprint density at radius 3 is 2.36 bits per heavy atom. The molecule has 0 saturated carbocycles. The van der Waals surface area contributed by atoms with Crippen molar-refractivity contribution in [3.8, 4) is 5.75 Å². The van der Waals surface area contributed by atoms with Crippen LogP contribution in [0.15, 0.2) is 78.0 Å². The molecule has 12 heteroatoms. The number of hydrogen-bond donors (Lipinski definition) is 0. The Kier molecular flexibility index (Phi) is 10.3. The summed E-state index contributed by atoms with van der Waals surface area (Å²) in [5.41, 5.74) is -0.645. The minimum atomic E-state index is -1.07. The number of hydrogen-bond acceptors (Lipinski definition) is 10. The Morgan fingerprint density at radius 2 is 1.71 bits per heavy atom. The number of allylic oxidation sites excluding steroid dienone is 3. The number of carbonyl (C=O) groups is 5. The molecule has 0 unspecified atom stereocenters. The number of β-lactam (4-membered cyclic amide) rings is 1. The molecule has 0 bridgehead atoms. The van der Waals surface area contributed by atoms with Crippen molar-refractivity contribution in [2.75, 3.05) is 6.61 Å². The van der Waals surface area contributed by atoms with Gasteiger partial charge in [-0.2, -0.15) is 0 Å². The van der Waals surface area contributed by atoms with Crippen LogP contribution < -0.4 is 4.74 Å². The van der Waals surface area contributed by atoms with E-state index in [1.54, 1.807) is 57.2 Å². The van der Waals surface area contributed by atoms with Gasteiger partial charge in [-0.15, -0.1) is 0 Å². The van der Waals surface area contributed by atoms with Crippen LogP contribution in [0.5, 0.6) is 5.75 Å². The summed E-state index contributed by atoms with van der Waals surface area (Å²) in [6, 6.07) is 12.9. The molecule has 2 aromatic carbocycles. The lowest BCUT2D eigenvalue weighted by molar-refractivity contribution is -0.384. The number of nitro benzene ring substituents is 1.